The van der Waals surface area contributed by atoms with Crippen LogP contribution < -0.4 is 4.74 Å². The third-order valence-electron chi connectivity index (χ3n) is 3.67. The molecule has 2 aromatic carbocycles. The maximum atomic E-state index is 6.29. The van der Waals surface area contributed by atoms with Gasteiger partial charge in [0.25, 0.3) is 0 Å². The molecule has 2 aromatic rings. The van der Waals surface area contributed by atoms with Gasteiger partial charge in [-0.05, 0) is 35.7 Å². The Morgan fingerprint density at radius 1 is 1.00 bits per heavy atom. The quantitative estimate of drug-likeness (QED) is 0.646. The molecular weight excluding hydrogens is 327 g/mol. The van der Waals surface area contributed by atoms with E-state index in [1.807, 2.05) is 36.4 Å². The van der Waals surface area contributed by atoms with Gasteiger partial charge in [0.05, 0.1) is 7.11 Å². The molecule has 1 nitrogen and oxygen atoms in total. The first kappa shape index (κ1) is 16.5. The maximum absolute atomic E-state index is 6.29. The summed E-state index contributed by atoms with van der Waals surface area (Å²) in [4.78, 5) is 0. The van der Waals surface area contributed by atoms with Crippen LogP contribution in [0.3, 0.4) is 0 Å². The van der Waals surface area contributed by atoms with Gasteiger partial charge in [0.1, 0.15) is 5.75 Å². The van der Waals surface area contributed by atoms with Crippen molar-refractivity contribution in [1.82, 2.24) is 0 Å². The van der Waals surface area contributed by atoms with Crippen LogP contribution in [0.15, 0.2) is 48.5 Å². The fourth-order valence-corrected chi connectivity index (χ4v) is 3.41. The van der Waals surface area contributed by atoms with E-state index >= 15 is 0 Å². The highest BCUT2D eigenvalue weighted by molar-refractivity contribution is 6.30. The minimum Gasteiger partial charge on any atom is -0.496 e. The molecule has 21 heavy (non-hydrogen) atoms. The van der Waals surface area contributed by atoms with Crippen molar-refractivity contribution in [2.75, 3.05) is 18.9 Å². The summed E-state index contributed by atoms with van der Waals surface area (Å²) in [6.45, 7) is 0. The summed E-state index contributed by atoms with van der Waals surface area (Å²) in [6, 6.07) is 15.7. The summed E-state index contributed by atoms with van der Waals surface area (Å²) >= 11 is 18.7. The van der Waals surface area contributed by atoms with E-state index in [2.05, 4.69) is 12.1 Å². The smallest absolute Gasteiger partial charge is 0.122 e. The molecule has 0 heterocycles. The van der Waals surface area contributed by atoms with Gasteiger partial charge in [-0.25, -0.2) is 0 Å². The molecule has 0 fully saturated rings. The third-order valence-corrected chi connectivity index (χ3v) is 4.93. The highest BCUT2D eigenvalue weighted by Gasteiger charge is 2.32. The summed E-state index contributed by atoms with van der Waals surface area (Å²) in [5.41, 5.74) is 1.79. The normalized spacial score (nSPS) is 11.4. The molecule has 0 amide bonds. The van der Waals surface area contributed by atoms with E-state index in [4.69, 9.17) is 39.5 Å². The van der Waals surface area contributed by atoms with Crippen molar-refractivity contribution in [1.29, 1.82) is 0 Å². The van der Waals surface area contributed by atoms with Gasteiger partial charge in [-0.15, -0.1) is 23.2 Å². The van der Waals surface area contributed by atoms with Crippen LogP contribution in [-0.4, -0.2) is 18.9 Å². The first-order valence-electron chi connectivity index (χ1n) is 6.65. The second kappa shape index (κ2) is 7.40. The molecule has 4 heteroatoms. The van der Waals surface area contributed by atoms with Gasteiger partial charge in [0.15, 0.2) is 0 Å². The Kier molecular flexibility index (Phi) is 5.80. The second-order valence-electron chi connectivity index (χ2n) is 5.05. The monoisotopic (exact) mass is 342 g/mol. The van der Waals surface area contributed by atoms with Crippen LogP contribution >= 0.6 is 34.8 Å². The molecule has 0 N–H and O–H groups in total. The number of hydrogen-bond acceptors (Lipinski definition) is 1. The Bertz CT molecular complexity index is 580. The van der Waals surface area contributed by atoms with Gasteiger partial charge in [0, 0.05) is 22.2 Å². The highest BCUT2D eigenvalue weighted by Crippen LogP contribution is 2.35. The number of benzene rings is 2. The predicted molar refractivity (Wildman–Crippen MR) is 91.3 cm³/mol. The largest absolute Gasteiger partial charge is 0.496 e. The standard InChI is InChI=1S/C17H17Cl3O/c1-21-16-8-7-15(20)9-13(16)10-17(11-18,12-19)14-5-3-2-4-6-14/h2-9H,10-12H2,1H3. The zero-order valence-corrected chi connectivity index (χ0v) is 14.1. The molecular formula is C17H17Cl3O. The Morgan fingerprint density at radius 2 is 1.67 bits per heavy atom. The van der Waals surface area contributed by atoms with Crippen molar-refractivity contribution < 1.29 is 4.74 Å². The van der Waals surface area contributed by atoms with E-state index in [1.54, 1.807) is 7.11 Å². The van der Waals surface area contributed by atoms with Crippen molar-refractivity contribution in [3.05, 3.63) is 64.7 Å². The van der Waals surface area contributed by atoms with Crippen LogP contribution in [0.4, 0.5) is 0 Å². The topological polar surface area (TPSA) is 9.23 Å². The molecule has 0 bridgehead atoms. The van der Waals surface area contributed by atoms with Crippen molar-refractivity contribution in [2.24, 2.45) is 0 Å². The summed E-state index contributed by atoms with van der Waals surface area (Å²) in [6.07, 6.45) is 0.674. The summed E-state index contributed by atoms with van der Waals surface area (Å²) < 4.78 is 5.43. The van der Waals surface area contributed by atoms with Crippen LogP contribution in [0.5, 0.6) is 5.75 Å². The number of alkyl halides is 2. The molecule has 0 aliphatic rings. The van der Waals surface area contributed by atoms with E-state index in [0.717, 1.165) is 16.9 Å². The average molecular weight is 344 g/mol. The van der Waals surface area contributed by atoms with Crippen molar-refractivity contribution in [3.63, 3.8) is 0 Å². The lowest BCUT2D eigenvalue weighted by molar-refractivity contribution is 0.403. The van der Waals surface area contributed by atoms with Crippen LogP contribution in [0, 0.1) is 0 Å². The first-order chi connectivity index (χ1) is 10.1. The highest BCUT2D eigenvalue weighted by atomic mass is 35.5. The van der Waals surface area contributed by atoms with Gasteiger partial charge < -0.3 is 4.74 Å². The average Bonchev–Trinajstić information content (AvgIpc) is 2.54. The van der Waals surface area contributed by atoms with Crippen LogP contribution in [0.1, 0.15) is 11.1 Å². The predicted octanol–water partition coefficient (Wildman–Crippen LogP) is 5.31. The molecule has 0 spiro atoms. The third kappa shape index (κ3) is 3.66. The summed E-state index contributed by atoms with van der Waals surface area (Å²) in [5.74, 6) is 1.65. The van der Waals surface area contributed by atoms with Crippen LogP contribution in [-0.2, 0) is 11.8 Å². The first-order valence-corrected chi connectivity index (χ1v) is 8.10. The molecule has 0 unspecified atom stereocenters. The van der Waals surface area contributed by atoms with Gasteiger partial charge in [-0.3, -0.25) is 0 Å². The van der Waals surface area contributed by atoms with Crippen molar-refractivity contribution in [3.8, 4) is 5.75 Å². The van der Waals surface area contributed by atoms with Crippen LogP contribution in [0.25, 0.3) is 0 Å². The van der Waals surface area contributed by atoms with E-state index in [9.17, 15) is 0 Å². The molecule has 0 aliphatic carbocycles. The van der Waals surface area contributed by atoms with Crippen molar-refractivity contribution in [2.45, 2.75) is 11.8 Å². The molecule has 0 aliphatic heterocycles. The van der Waals surface area contributed by atoms with Gasteiger partial charge in [0.2, 0.25) is 0 Å². The lowest BCUT2D eigenvalue weighted by atomic mass is 9.78. The second-order valence-corrected chi connectivity index (χ2v) is 6.02. The van der Waals surface area contributed by atoms with E-state index in [1.165, 1.54) is 0 Å². The minimum absolute atomic E-state index is 0.345. The fraction of sp³-hybridized carbons (Fsp3) is 0.294. The van der Waals surface area contributed by atoms with Gasteiger partial charge in [-0.1, -0.05) is 41.9 Å². The number of ether oxygens (including phenoxy) is 1. The number of rotatable bonds is 6. The molecule has 0 saturated heterocycles. The molecule has 112 valence electrons. The Morgan fingerprint density at radius 3 is 2.24 bits per heavy atom. The number of halogens is 3. The number of hydrogen-bond donors (Lipinski definition) is 0. The van der Waals surface area contributed by atoms with Crippen molar-refractivity contribution >= 4 is 34.8 Å². The SMILES string of the molecule is COc1ccc(Cl)cc1CC(CCl)(CCl)c1ccccc1. The summed E-state index contributed by atoms with van der Waals surface area (Å²) in [5, 5.41) is 0.678. The zero-order chi connectivity index (χ0) is 15.3. The van der Waals surface area contributed by atoms with Gasteiger partial charge >= 0.3 is 0 Å². The van der Waals surface area contributed by atoms with E-state index in [-0.39, 0.29) is 5.41 Å². The molecule has 0 aromatic heterocycles. The fourth-order valence-electron chi connectivity index (χ4n) is 2.43. The van der Waals surface area contributed by atoms with Crippen LogP contribution in [0.2, 0.25) is 5.02 Å². The molecule has 0 saturated carbocycles. The van der Waals surface area contributed by atoms with Gasteiger partial charge in [-0.2, -0.15) is 0 Å². The van der Waals surface area contributed by atoms with E-state index in [0.29, 0.717) is 23.2 Å². The van der Waals surface area contributed by atoms with E-state index < -0.39 is 0 Å². The lowest BCUT2D eigenvalue weighted by Gasteiger charge is -2.31. The Hall–Kier alpha value is -0.890. The molecule has 2 rings (SSSR count). The number of methoxy groups -OCH3 is 1. The minimum atomic E-state index is -0.345. The molecule has 0 radical (unpaired) electrons. The summed E-state index contributed by atoms with van der Waals surface area (Å²) in [7, 11) is 1.65. The Labute approximate surface area is 140 Å². The lowest BCUT2D eigenvalue weighted by Crippen LogP contribution is -2.33. The molecule has 0 atom stereocenters. The maximum Gasteiger partial charge on any atom is 0.122 e. The zero-order valence-electron chi connectivity index (χ0n) is 11.8. The Balaban J connectivity index is 2.44.